The summed E-state index contributed by atoms with van der Waals surface area (Å²) in [4.78, 5) is 25.9. The van der Waals surface area contributed by atoms with Crippen molar-refractivity contribution >= 4 is 21.7 Å². The molecule has 0 spiro atoms. The summed E-state index contributed by atoms with van der Waals surface area (Å²) in [5.41, 5.74) is 0. The van der Waals surface area contributed by atoms with E-state index in [9.17, 15) is 18.0 Å². The second kappa shape index (κ2) is 7.77. The van der Waals surface area contributed by atoms with Crippen molar-refractivity contribution < 1.29 is 18.0 Å². The molecule has 1 fully saturated rings. The molecule has 6 nitrogen and oxygen atoms in total. The molecule has 2 amide bonds. The summed E-state index contributed by atoms with van der Waals surface area (Å²) in [6.07, 6.45) is 2.40. The Morgan fingerprint density at radius 3 is 2.29 bits per heavy atom. The number of hydrogen-bond acceptors (Lipinski definition) is 4. The smallest absolute Gasteiger partial charge is 0.245 e. The van der Waals surface area contributed by atoms with E-state index in [-0.39, 0.29) is 29.9 Å². The number of carbonyl (C=O) groups excluding carboxylic acids is 2. The summed E-state index contributed by atoms with van der Waals surface area (Å²) < 4.78 is 23.7. The maximum Gasteiger partial charge on any atom is 0.245 e. The number of nitrogens with one attached hydrogen (secondary N) is 1. The van der Waals surface area contributed by atoms with Gasteiger partial charge in [-0.3, -0.25) is 9.59 Å². The molecule has 2 atom stereocenters. The molecule has 0 aromatic rings. The predicted molar refractivity (Wildman–Crippen MR) is 81.6 cm³/mol. The minimum absolute atomic E-state index is 0.0729. The molecular weight excluding hydrogens is 292 g/mol. The molecule has 0 aromatic carbocycles. The van der Waals surface area contributed by atoms with Gasteiger partial charge in [-0.05, 0) is 19.3 Å². The Morgan fingerprint density at radius 1 is 1.10 bits per heavy atom. The number of carbonyl (C=O) groups is 2. The van der Waals surface area contributed by atoms with Crippen molar-refractivity contribution in [3.8, 4) is 0 Å². The van der Waals surface area contributed by atoms with Crippen molar-refractivity contribution in [1.29, 1.82) is 0 Å². The van der Waals surface area contributed by atoms with Crippen molar-refractivity contribution in [3.05, 3.63) is 0 Å². The molecule has 1 heterocycles. The number of piperazine rings is 1. The zero-order chi connectivity index (χ0) is 16.0. The highest BCUT2D eigenvalue weighted by Gasteiger charge is 2.39. The van der Waals surface area contributed by atoms with Crippen LogP contribution in [0, 0.1) is 0 Å². The van der Waals surface area contributed by atoms with Gasteiger partial charge in [0.1, 0.15) is 12.1 Å². The molecule has 0 aliphatic carbocycles. The lowest BCUT2D eigenvalue weighted by atomic mass is 10.0. The standard InChI is InChI=1S/C14H26N2O4S/c1-4-7-12-13(17)15-11(6-3)14(18)16(12)8-10-21(19,20)9-5-2/h11-12H,4-10H2,1-3H3,(H,15,17). The average Bonchev–Trinajstić information content (AvgIpc) is 2.42. The summed E-state index contributed by atoms with van der Waals surface area (Å²) in [5.74, 6) is -0.286. The average molecular weight is 318 g/mol. The van der Waals surface area contributed by atoms with E-state index in [0.29, 0.717) is 19.3 Å². The lowest BCUT2D eigenvalue weighted by molar-refractivity contribution is -0.149. The van der Waals surface area contributed by atoms with E-state index >= 15 is 0 Å². The fraction of sp³-hybridized carbons (Fsp3) is 0.857. The second-order valence-electron chi connectivity index (χ2n) is 5.46. The quantitative estimate of drug-likeness (QED) is 0.714. The largest absolute Gasteiger partial charge is 0.343 e. The Balaban J connectivity index is 2.85. The Morgan fingerprint density at radius 2 is 1.76 bits per heavy atom. The van der Waals surface area contributed by atoms with Crippen molar-refractivity contribution in [2.75, 3.05) is 18.1 Å². The summed E-state index contributed by atoms with van der Waals surface area (Å²) in [6, 6.07) is -1.07. The van der Waals surface area contributed by atoms with E-state index in [4.69, 9.17) is 0 Å². The van der Waals surface area contributed by atoms with Crippen LogP contribution in [0.3, 0.4) is 0 Å². The first kappa shape index (κ1) is 17.9. The molecule has 0 radical (unpaired) electrons. The zero-order valence-corrected chi connectivity index (χ0v) is 13.9. The van der Waals surface area contributed by atoms with Gasteiger partial charge in [-0.25, -0.2) is 8.42 Å². The van der Waals surface area contributed by atoms with Gasteiger partial charge in [0.25, 0.3) is 0 Å². The molecule has 1 aliphatic rings. The van der Waals surface area contributed by atoms with Crippen LogP contribution in [0.15, 0.2) is 0 Å². The lowest BCUT2D eigenvalue weighted by Crippen LogP contribution is -2.63. The number of sulfone groups is 1. The summed E-state index contributed by atoms with van der Waals surface area (Å²) >= 11 is 0. The predicted octanol–water partition coefficient (Wildman–Crippen LogP) is 0.717. The third-order valence-corrected chi connectivity index (χ3v) is 5.54. The molecule has 0 saturated carbocycles. The van der Waals surface area contributed by atoms with E-state index in [1.54, 1.807) is 0 Å². The van der Waals surface area contributed by atoms with E-state index in [1.807, 2.05) is 20.8 Å². The Labute approximate surface area is 127 Å². The molecule has 1 aliphatic heterocycles. The minimum atomic E-state index is -3.16. The van der Waals surface area contributed by atoms with Crippen molar-refractivity contribution in [1.82, 2.24) is 10.2 Å². The van der Waals surface area contributed by atoms with Gasteiger partial charge in [-0.2, -0.15) is 0 Å². The van der Waals surface area contributed by atoms with Gasteiger partial charge in [0.2, 0.25) is 11.8 Å². The molecule has 1 rings (SSSR count). The number of hydrogen-bond donors (Lipinski definition) is 1. The van der Waals surface area contributed by atoms with E-state index in [2.05, 4.69) is 5.32 Å². The van der Waals surface area contributed by atoms with Gasteiger partial charge < -0.3 is 10.2 Å². The first-order valence-corrected chi connectivity index (χ1v) is 9.49. The highest BCUT2D eigenvalue weighted by atomic mass is 32.2. The maximum atomic E-state index is 12.4. The van der Waals surface area contributed by atoms with Crippen LogP contribution in [-0.4, -0.2) is 55.3 Å². The summed E-state index contributed by atoms with van der Waals surface area (Å²) in [5, 5.41) is 2.72. The van der Waals surface area contributed by atoms with Crippen molar-refractivity contribution in [3.63, 3.8) is 0 Å². The van der Waals surface area contributed by atoms with Crippen LogP contribution in [0.2, 0.25) is 0 Å². The Hall–Kier alpha value is -1.11. The van der Waals surface area contributed by atoms with Crippen LogP contribution < -0.4 is 5.32 Å². The van der Waals surface area contributed by atoms with E-state index < -0.39 is 21.9 Å². The van der Waals surface area contributed by atoms with Gasteiger partial charge >= 0.3 is 0 Å². The van der Waals surface area contributed by atoms with Crippen molar-refractivity contribution in [2.45, 2.75) is 58.5 Å². The van der Waals surface area contributed by atoms with Crippen molar-refractivity contribution in [2.24, 2.45) is 0 Å². The van der Waals surface area contributed by atoms with Gasteiger partial charge in [-0.15, -0.1) is 0 Å². The van der Waals surface area contributed by atoms with Gasteiger partial charge in [0.05, 0.1) is 5.75 Å². The lowest BCUT2D eigenvalue weighted by Gasteiger charge is -2.38. The van der Waals surface area contributed by atoms with Gasteiger partial charge in [0, 0.05) is 12.3 Å². The molecule has 0 aromatic heterocycles. The van der Waals surface area contributed by atoms with Crippen LogP contribution in [0.25, 0.3) is 0 Å². The fourth-order valence-corrected chi connectivity index (χ4v) is 3.88. The second-order valence-corrected chi connectivity index (χ2v) is 7.76. The highest BCUT2D eigenvalue weighted by molar-refractivity contribution is 7.91. The summed E-state index contributed by atoms with van der Waals surface area (Å²) in [7, 11) is -3.16. The first-order valence-electron chi connectivity index (χ1n) is 7.67. The number of nitrogens with zero attached hydrogens (tertiary/aromatic N) is 1. The molecule has 21 heavy (non-hydrogen) atoms. The SMILES string of the molecule is CCCC1C(=O)NC(CC)C(=O)N1CCS(=O)(=O)CCC. The molecule has 1 N–H and O–H groups in total. The fourth-order valence-electron chi connectivity index (χ4n) is 2.58. The Kier molecular flexibility index (Phi) is 6.64. The molecule has 122 valence electrons. The third kappa shape index (κ3) is 4.69. The number of amides is 2. The molecule has 2 unspecified atom stereocenters. The molecule has 1 saturated heterocycles. The third-order valence-electron chi connectivity index (χ3n) is 3.71. The van der Waals surface area contributed by atoms with Crippen LogP contribution in [0.1, 0.15) is 46.5 Å². The van der Waals surface area contributed by atoms with E-state index in [1.165, 1.54) is 4.90 Å². The maximum absolute atomic E-state index is 12.4. The van der Waals surface area contributed by atoms with Crippen LogP contribution in [-0.2, 0) is 19.4 Å². The van der Waals surface area contributed by atoms with Gasteiger partial charge in [-0.1, -0.05) is 27.2 Å². The van der Waals surface area contributed by atoms with E-state index in [0.717, 1.165) is 6.42 Å². The normalized spacial score (nSPS) is 23.3. The molecular formula is C14H26N2O4S. The van der Waals surface area contributed by atoms with Gasteiger partial charge in [0.15, 0.2) is 9.84 Å². The minimum Gasteiger partial charge on any atom is -0.343 e. The van der Waals surface area contributed by atoms with Crippen LogP contribution in [0.4, 0.5) is 0 Å². The molecule has 0 bridgehead atoms. The Bertz CT molecular complexity index is 475. The molecule has 7 heteroatoms. The number of rotatable bonds is 8. The van der Waals surface area contributed by atoms with Crippen LogP contribution >= 0.6 is 0 Å². The highest BCUT2D eigenvalue weighted by Crippen LogP contribution is 2.16. The zero-order valence-electron chi connectivity index (χ0n) is 13.1. The topological polar surface area (TPSA) is 83.6 Å². The van der Waals surface area contributed by atoms with Crippen LogP contribution in [0.5, 0.6) is 0 Å². The first-order chi connectivity index (χ1) is 9.86. The monoisotopic (exact) mass is 318 g/mol. The summed E-state index contributed by atoms with van der Waals surface area (Å²) in [6.45, 7) is 5.68.